The Morgan fingerprint density at radius 2 is 2.36 bits per heavy atom. The molecule has 0 saturated heterocycles. The van der Waals surface area contributed by atoms with Crippen LogP contribution in [0.1, 0.15) is 32.6 Å². The molecule has 2 unspecified atom stereocenters. The van der Waals surface area contributed by atoms with Crippen molar-refractivity contribution in [3.63, 3.8) is 0 Å². The Morgan fingerprint density at radius 3 is 2.86 bits per heavy atom. The number of aliphatic hydroxyl groups excluding tert-OH is 1. The van der Waals surface area contributed by atoms with Gasteiger partial charge in [0, 0.05) is 0 Å². The summed E-state index contributed by atoms with van der Waals surface area (Å²) in [5.74, 6) is -0.790. The van der Waals surface area contributed by atoms with Gasteiger partial charge in [0.2, 0.25) is 0 Å². The fraction of sp³-hybridized carbons (Fsp3) is 0.900. The van der Waals surface area contributed by atoms with Crippen LogP contribution in [0, 0.1) is 5.92 Å². The van der Waals surface area contributed by atoms with Crippen molar-refractivity contribution in [2.45, 2.75) is 38.2 Å². The largest absolute Gasteiger partial charge is 0.479 e. The van der Waals surface area contributed by atoms with Crippen molar-refractivity contribution in [1.82, 2.24) is 0 Å². The van der Waals surface area contributed by atoms with Crippen LogP contribution in [0.4, 0.5) is 0 Å². The molecule has 0 aliphatic heterocycles. The van der Waals surface area contributed by atoms with Crippen molar-refractivity contribution in [2.24, 2.45) is 5.92 Å². The summed E-state index contributed by atoms with van der Waals surface area (Å²) in [5, 5.41) is 17.8. The summed E-state index contributed by atoms with van der Waals surface area (Å²) < 4.78 is 5.36. The van der Waals surface area contributed by atoms with Gasteiger partial charge in [0.1, 0.15) is 0 Å². The molecule has 14 heavy (non-hydrogen) atoms. The molecule has 0 heterocycles. The Morgan fingerprint density at radius 1 is 1.64 bits per heavy atom. The average Bonchev–Trinajstić information content (AvgIpc) is 2.58. The summed E-state index contributed by atoms with van der Waals surface area (Å²) in [6.45, 7) is 1.98. The molecular weight excluding hydrogens is 184 g/mol. The normalized spacial score (nSPS) is 32.0. The molecule has 2 N–H and O–H groups in total. The third-order valence-electron chi connectivity index (χ3n) is 3.07. The summed E-state index contributed by atoms with van der Waals surface area (Å²) in [5.41, 5.74) is -1.03. The molecule has 1 aliphatic rings. The maximum Gasteiger partial charge on any atom is 0.336 e. The van der Waals surface area contributed by atoms with Crippen LogP contribution in [-0.4, -0.2) is 35.0 Å². The molecule has 0 bridgehead atoms. The first-order valence-corrected chi connectivity index (χ1v) is 5.15. The van der Waals surface area contributed by atoms with Crippen molar-refractivity contribution in [3.8, 4) is 0 Å². The van der Waals surface area contributed by atoms with E-state index in [4.69, 9.17) is 9.84 Å². The zero-order valence-corrected chi connectivity index (χ0v) is 8.53. The fourth-order valence-electron chi connectivity index (χ4n) is 2.34. The second kappa shape index (κ2) is 4.75. The van der Waals surface area contributed by atoms with Crippen molar-refractivity contribution in [2.75, 3.05) is 13.2 Å². The van der Waals surface area contributed by atoms with Crippen molar-refractivity contribution < 1.29 is 19.7 Å². The summed E-state index contributed by atoms with van der Waals surface area (Å²) in [6, 6.07) is 0. The van der Waals surface area contributed by atoms with Crippen LogP contribution < -0.4 is 0 Å². The number of carboxylic acid groups (broad SMARTS) is 1. The zero-order chi connectivity index (χ0) is 10.6. The topological polar surface area (TPSA) is 66.8 Å². The van der Waals surface area contributed by atoms with Gasteiger partial charge in [-0.3, -0.25) is 0 Å². The van der Waals surface area contributed by atoms with Crippen molar-refractivity contribution in [3.05, 3.63) is 0 Å². The van der Waals surface area contributed by atoms with Crippen LogP contribution >= 0.6 is 0 Å². The van der Waals surface area contributed by atoms with Gasteiger partial charge in [0.25, 0.3) is 0 Å². The molecule has 4 heteroatoms. The summed E-state index contributed by atoms with van der Waals surface area (Å²) in [4.78, 5) is 11.2. The minimum absolute atomic E-state index is 0.0894. The molecule has 0 amide bonds. The molecule has 82 valence electrons. The Kier molecular flexibility index (Phi) is 3.89. The summed E-state index contributed by atoms with van der Waals surface area (Å²) >= 11 is 0. The van der Waals surface area contributed by atoms with Crippen LogP contribution in [0.25, 0.3) is 0 Å². The van der Waals surface area contributed by atoms with Crippen LogP contribution in [0.2, 0.25) is 0 Å². The molecule has 0 aromatic carbocycles. The number of rotatable bonds is 5. The fourth-order valence-corrected chi connectivity index (χ4v) is 2.34. The lowest BCUT2D eigenvalue weighted by atomic mass is 9.88. The first-order chi connectivity index (χ1) is 6.67. The number of ether oxygens (including phenoxy) is 1. The first kappa shape index (κ1) is 11.5. The predicted octanol–water partition coefficient (Wildman–Crippen LogP) is 1.03. The van der Waals surface area contributed by atoms with Gasteiger partial charge >= 0.3 is 5.97 Å². The lowest BCUT2D eigenvalue weighted by molar-refractivity contribution is -0.173. The van der Waals surface area contributed by atoms with E-state index in [0.717, 1.165) is 19.3 Å². The van der Waals surface area contributed by atoms with Gasteiger partial charge in [0.05, 0.1) is 13.2 Å². The lowest BCUT2D eigenvalue weighted by Crippen LogP contribution is -2.45. The average molecular weight is 202 g/mol. The Labute approximate surface area is 83.9 Å². The van der Waals surface area contributed by atoms with Gasteiger partial charge in [-0.15, -0.1) is 0 Å². The van der Waals surface area contributed by atoms with E-state index < -0.39 is 11.6 Å². The number of carbonyl (C=O) groups is 1. The smallest absolute Gasteiger partial charge is 0.336 e. The van der Waals surface area contributed by atoms with E-state index >= 15 is 0 Å². The Bertz CT molecular complexity index is 204. The highest BCUT2D eigenvalue weighted by atomic mass is 16.5. The summed E-state index contributed by atoms with van der Waals surface area (Å²) in [7, 11) is 0. The molecule has 0 aromatic rings. The minimum atomic E-state index is -1.03. The van der Waals surface area contributed by atoms with E-state index in [1.54, 1.807) is 0 Å². The van der Waals surface area contributed by atoms with Crippen molar-refractivity contribution in [1.29, 1.82) is 0 Å². The molecule has 1 rings (SSSR count). The van der Waals surface area contributed by atoms with E-state index in [1.807, 2.05) is 6.92 Å². The lowest BCUT2D eigenvalue weighted by Gasteiger charge is -2.30. The number of carboxylic acids is 1. The monoisotopic (exact) mass is 202 g/mol. The third kappa shape index (κ3) is 1.91. The van der Waals surface area contributed by atoms with Gasteiger partial charge in [-0.25, -0.2) is 4.79 Å². The highest BCUT2D eigenvalue weighted by Gasteiger charge is 2.49. The highest BCUT2D eigenvalue weighted by molar-refractivity contribution is 5.78. The summed E-state index contributed by atoms with van der Waals surface area (Å²) in [6.07, 6.45) is 3.20. The third-order valence-corrected chi connectivity index (χ3v) is 3.07. The van der Waals surface area contributed by atoms with Gasteiger partial charge in [0.15, 0.2) is 5.60 Å². The molecule has 1 fully saturated rings. The number of aliphatic carboxylic acids is 1. The number of aliphatic hydroxyl groups is 1. The second-order valence-corrected chi connectivity index (χ2v) is 3.76. The Balaban J connectivity index is 2.74. The van der Waals surface area contributed by atoms with Crippen molar-refractivity contribution >= 4 is 5.97 Å². The van der Waals surface area contributed by atoms with E-state index in [1.165, 1.54) is 0 Å². The van der Waals surface area contributed by atoms with E-state index in [2.05, 4.69) is 0 Å². The maximum atomic E-state index is 11.2. The van der Waals surface area contributed by atoms with Gasteiger partial charge in [-0.2, -0.15) is 0 Å². The highest BCUT2D eigenvalue weighted by Crippen LogP contribution is 2.40. The van der Waals surface area contributed by atoms with Crippen LogP contribution in [0.15, 0.2) is 0 Å². The molecule has 0 radical (unpaired) electrons. The quantitative estimate of drug-likeness (QED) is 0.698. The second-order valence-electron chi connectivity index (χ2n) is 3.76. The van der Waals surface area contributed by atoms with Gasteiger partial charge in [-0.05, 0) is 31.6 Å². The minimum Gasteiger partial charge on any atom is -0.479 e. The molecule has 0 spiro atoms. The van der Waals surface area contributed by atoms with Crippen LogP contribution in [0.5, 0.6) is 0 Å². The maximum absolute atomic E-state index is 11.2. The first-order valence-electron chi connectivity index (χ1n) is 5.15. The predicted molar refractivity (Wildman–Crippen MR) is 51.0 cm³/mol. The SMILES string of the molecule is CCC1CCCC1(OCCO)C(=O)O. The standard InChI is InChI=1S/C10H18O4/c1-2-8-4-3-5-10(8,9(12)13)14-7-6-11/h8,11H,2-7H2,1H3,(H,12,13). The molecule has 4 nitrogen and oxygen atoms in total. The van der Waals surface area contributed by atoms with Gasteiger partial charge in [-0.1, -0.05) is 6.92 Å². The molecule has 1 saturated carbocycles. The molecule has 1 aliphatic carbocycles. The zero-order valence-electron chi connectivity index (χ0n) is 8.53. The number of hydrogen-bond acceptors (Lipinski definition) is 3. The van der Waals surface area contributed by atoms with E-state index in [-0.39, 0.29) is 19.1 Å². The molecule has 2 atom stereocenters. The van der Waals surface area contributed by atoms with Crippen LogP contribution in [0.3, 0.4) is 0 Å². The molecular formula is C10H18O4. The van der Waals surface area contributed by atoms with E-state index in [9.17, 15) is 9.90 Å². The van der Waals surface area contributed by atoms with E-state index in [0.29, 0.717) is 6.42 Å². The Hall–Kier alpha value is -0.610. The van der Waals surface area contributed by atoms with Crippen LogP contribution in [-0.2, 0) is 9.53 Å². The number of hydrogen-bond donors (Lipinski definition) is 2. The van der Waals surface area contributed by atoms with Gasteiger partial charge < -0.3 is 14.9 Å². The molecule has 0 aromatic heterocycles.